The summed E-state index contributed by atoms with van der Waals surface area (Å²) in [6.45, 7) is 3.34. The molecule has 0 bridgehead atoms. The number of hydrogen-bond donors (Lipinski definition) is 2. The van der Waals surface area contributed by atoms with Gasteiger partial charge in [0.05, 0.1) is 30.5 Å². The van der Waals surface area contributed by atoms with E-state index in [4.69, 9.17) is 4.74 Å². The van der Waals surface area contributed by atoms with E-state index in [0.717, 1.165) is 35.3 Å². The molecule has 0 aliphatic rings. The number of urea groups is 1. The normalized spacial score (nSPS) is 11.9. The van der Waals surface area contributed by atoms with Gasteiger partial charge in [0.25, 0.3) is 0 Å². The first-order valence-electron chi connectivity index (χ1n) is 8.76. The maximum absolute atomic E-state index is 12.1. The second-order valence-electron chi connectivity index (χ2n) is 6.14. The Morgan fingerprint density at radius 2 is 1.96 bits per heavy atom. The predicted molar refractivity (Wildman–Crippen MR) is 102 cm³/mol. The van der Waals surface area contributed by atoms with Gasteiger partial charge < -0.3 is 19.9 Å². The lowest BCUT2D eigenvalue weighted by Gasteiger charge is -2.17. The van der Waals surface area contributed by atoms with Gasteiger partial charge in [0.15, 0.2) is 0 Å². The molecule has 1 aromatic heterocycles. The molecule has 0 spiro atoms. The number of ether oxygens (including phenoxy) is 1. The number of carbonyl (C=O) groups is 1. The van der Waals surface area contributed by atoms with Crippen LogP contribution >= 0.6 is 0 Å². The Morgan fingerprint density at radius 3 is 2.81 bits per heavy atom. The van der Waals surface area contributed by atoms with Gasteiger partial charge in [0, 0.05) is 18.7 Å². The summed E-state index contributed by atoms with van der Waals surface area (Å²) in [7, 11) is 1.63. The lowest BCUT2D eigenvalue weighted by molar-refractivity contribution is 0.237. The highest BCUT2D eigenvalue weighted by Crippen LogP contribution is 2.24. The maximum Gasteiger partial charge on any atom is 0.315 e. The van der Waals surface area contributed by atoms with Crippen molar-refractivity contribution in [2.75, 3.05) is 13.7 Å². The van der Waals surface area contributed by atoms with Gasteiger partial charge in [0.1, 0.15) is 5.75 Å². The Hall–Kier alpha value is -3.02. The summed E-state index contributed by atoms with van der Waals surface area (Å²) in [6.07, 6.45) is 2.67. The Balaban J connectivity index is 1.45. The number of aromatic nitrogens is 2. The van der Waals surface area contributed by atoms with Gasteiger partial charge in [-0.2, -0.15) is 0 Å². The maximum atomic E-state index is 12.1. The van der Waals surface area contributed by atoms with Crippen molar-refractivity contribution in [3.05, 3.63) is 60.4 Å². The van der Waals surface area contributed by atoms with E-state index >= 15 is 0 Å². The molecule has 2 N–H and O–H groups in total. The van der Waals surface area contributed by atoms with Crippen molar-refractivity contribution in [2.24, 2.45) is 0 Å². The van der Waals surface area contributed by atoms with E-state index in [-0.39, 0.29) is 12.1 Å². The molecular formula is C20H24N4O2. The Kier molecular flexibility index (Phi) is 5.73. The number of nitrogens with one attached hydrogen (secondary N) is 2. The molecule has 0 aliphatic carbocycles. The number of rotatable bonds is 7. The van der Waals surface area contributed by atoms with Crippen LogP contribution in [-0.2, 0) is 6.54 Å². The fourth-order valence-corrected chi connectivity index (χ4v) is 2.99. The lowest BCUT2D eigenvalue weighted by atomic mass is 10.1. The number of benzene rings is 2. The highest BCUT2D eigenvalue weighted by Gasteiger charge is 2.13. The third-order valence-electron chi connectivity index (χ3n) is 4.34. The zero-order valence-electron chi connectivity index (χ0n) is 15.1. The number of hydrogen-bond acceptors (Lipinski definition) is 3. The molecule has 26 heavy (non-hydrogen) atoms. The van der Waals surface area contributed by atoms with E-state index in [1.54, 1.807) is 7.11 Å². The van der Waals surface area contributed by atoms with E-state index in [2.05, 4.69) is 26.3 Å². The first-order chi connectivity index (χ1) is 12.7. The van der Waals surface area contributed by atoms with Crippen molar-refractivity contribution in [3.8, 4) is 5.75 Å². The van der Waals surface area contributed by atoms with Crippen LogP contribution in [0, 0.1) is 0 Å². The summed E-state index contributed by atoms with van der Waals surface area (Å²) in [5, 5.41) is 5.85. The number of para-hydroxylation sites is 3. The predicted octanol–water partition coefficient (Wildman–Crippen LogP) is 3.50. The van der Waals surface area contributed by atoms with Crippen molar-refractivity contribution in [3.63, 3.8) is 0 Å². The van der Waals surface area contributed by atoms with Crippen LogP contribution < -0.4 is 15.4 Å². The number of nitrogens with zero attached hydrogens (tertiary/aromatic N) is 2. The third kappa shape index (κ3) is 4.14. The van der Waals surface area contributed by atoms with E-state index in [1.807, 2.05) is 55.7 Å². The van der Waals surface area contributed by atoms with Crippen LogP contribution in [-0.4, -0.2) is 29.2 Å². The molecule has 2 aromatic carbocycles. The zero-order valence-corrected chi connectivity index (χ0v) is 15.1. The molecule has 0 aliphatic heterocycles. The van der Waals surface area contributed by atoms with Crippen LogP contribution in [0.2, 0.25) is 0 Å². The second kappa shape index (κ2) is 8.38. The van der Waals surface area contributed by atoms with E-state index in [9.17, 15) is 4.79 Å². The van der Waals surface area contributed by atoms with E-state index in [0.29, 0.717) is 6.54 Å². The molecule has 6 nitrogen and oxygen atoms in total. The summed E-state index contributed by atoms with van der Waals surface area (Å²) < 4.78 is 7.45. The first-order valence-corrected chi connectivity index (χ1v) is 8.76. The molecule has 2 amide bonds. The molecule has 0 radical (unpaired) electrons. The summed E-state index contributed by atoms with van der Waals surface area (Å²) in [5.41, 5.74) is 3.06. The topological polar surface area (TPSA) is 68.2 Å². The summed E-state index contributed by atoms with van der Waals surface area (Å²) >= 11 is 0. The molecule has 6 heteroatoms. The van der Waals surface area contributed by atoms with Crippen LogP contribution in [0.15, 0.2) is 54.9 Å². The number of carbonyl (C=O) groups excluding carboxylic acids is 1. The van der Waals surface area contributed by atoms with Gasteiger partial charge in [-0.05, 0) is 31.5 Å². The fraction of sp³-hybridized carbons (Fsp3) is 0.300. The van der Waals surface area contributed by atoms with Crippen molar-refractivity contribution < 1.29 is 9.53 Å². The Bertz CT molecular complexity index is 875. The van der Waals surface area contributed by atoms with Crippen molar-refractivity contribution in [1.29, 1.82) is 0 Å². The fourth-order valence-electron chi connectivity index (χ4n) is 2.99. The lowest BCUT2D eigenvalue weighted by Crippen LogP contribution is -2.37. The van der Waals surface area contributed by atoms with Gasteiger partial charge in [-0.3, -0.25) is 0 Å². The van der Waals surface area contributed by atoms with E-state index in [1.165, 1.54) is 0 Å². The number of amides is 2. The summed E-state index contributed by atoms with van der Waals surface area (Å²) in [4.78, 5) is 16.5. The second-order valence-corrected chi connectivity index (χ2v) is 6.14. The number of aryl methyl sites for hydroxylation is 1. The number of imidazole rings is 1. The molecule has 136 valence electrons. The highest BCUT2D eigenvalue weighted by molar-refractivity contribution is 5.75. The van der Waals surface area contributed by atoms with Crippen LogP contribution in [0.5, 0.6) is 5.75 Å². The smallest absolute Gasteiger partial charge is 0.315 e. The average Bonchev–Trinajstić information content (AvgIpc) is 3.08. The quantitative estimate of drug-likeness (QED) is 0.640. The highest BCUT2D eigenvalue weighted by atomic mass is 16.5. The van der Waals surface area contributed by atoms with Crippen LogP contribution in [0.4, 0.5) is 4.79 Å². The molecule has 3 aromatic rings. The SMILES string of the molecule is COc1ccccc1C(C)NC(=O)NCCCn1cnc2ccccc21. The van der Waals surface area contributed by atoms with Gasteiger partial charge in [-0.1, -0.05) is 30.3 Å². The third-order valence-corrected chi connectivity index (χ3v) is 4.34. The van der Waals surface area contributed by atoms with Crippen LogP contribution in [0.1, 0.15) is 24.9 Å². The number of fused-ring (bicyclic) bond motifs is 1. The monoisotopic (exact) mass is 352 g/mol. The molecule has 0 saturated heterocycles. The van der Waals surface area contributed by atoms with Crippen molar-refractivity contribution in [1.82, 2.24) is 20.2 Å². The molecule has 1 heterocycles. The molecular weight excluding hydrogens is 328 g/mol. The molecule has 1 atom stereocenters. The van der Waals surface area contributed by atoms with Crippen LogP contribution in [0.3, 0.4) is 0 Å². The summed E-state index contributed by atoms with van der Waals surface area (Å²) in [5.74, 6) is 0.771. The Labute approximate surface area is 153 Å². The van der Waals surface area contributed by atoms with Crippen molar-refractivity contribution >= 4 is 17.1 Å². The average molecular weight is 352 g/mol. The molecule has 3 rings (SSSR count). The van der Waals surface area contributed by atoms with E-state index < -0.39 is 0 Å². The Morgan fingerprint density at radius 1 is 1.19 bits per heavy atom. The van der Waals surface area contributed by atoms with Gasteiger partial charge in [-0.25, -0.2) is 9.78 Å². The van der Waals surface area contributed by atoms with Crippen LogP contribution in [0.25, 0.3) is 11.0 Å². The molecule has 1 unspecified atom stereocenters. The van der Waals surface area contributed by atoms with Gasteiger partial charge in [0.2, 0.25) is 0 Å². The largest absolute Gasteiger partial charge is 0.496 e. The standard InChI is InChI=1S/C20H24N4O2/c1-15(16-8-3-6-11-19(16)26-2)23-20(25)21-12-7-13-24-14-22-17-9-4-5-10-18(17)24/h3-6,8-11,14-15H,7,12-13H2,1-2H3,(H2,21,23,25). The zero-order chi connectivity index (χ0) is 18.4. The van der Waals surface area contributed by atoms with Gasteiger partial charge in [-0.15, -0.1) is 0 Å². The van der Waals surface area contributed by atoms with Crippen molar-refractivity contribution in [2.45, 2.75) is 25.9 Å². The van der Waals surface area contributed by atoms with Gasteiger partial charge >= 0.3 is 6.03 Å². The molecule has 0 saturated carbocycles. The first kappa shape index (κ1) is 17.8. The number of methoxy groups -OCH3 is 1. The minimum absolute atomic E-state index is 0.135. The molecule has 0 fully saturated rings. The minimum Gasteiger partial charge on any atom is -0.496 e. The summed E-state index contributed by atoms with van der Waals surface area (Å²) in [6, 6.07) is 15.4. The minimum atomic E-state index is -0.182.